The van der Waals surface area contributed by atoms with Crippen molar-refractivity contribution in [1.82, 2.24) is 0 Å². The maximum absolute atomic E-state index is 13.7. The Morgan fingerprint density at radius 3 is 2.41 bits per heavy atom. The van der Waals surface area contributed by atoms with Gasteiger partial charge in [0.15, 0.2) is 11.6 Å². The second kappa shape index (κ2) is 7.25. The van der Waals surface area contributed by atoms with E-state index in [1.54, 1.807) is 17.5 Å². The molecule has 29 heavy (non-hydrogen) atoms. The molecule has 0 saturated heterocycles. The number of halogens is 2. The highest BCUT2D eigenvalue weighted by molar-refractivity contribution is 7.11. The molecule has 7 heteroatoms. The van der Waals surface area contributed by atoms with Crippen molar-refractivity contribution in [3.05, 3.63) is 87.2 Å². The van der Waals surface area contributed by atoms with Crippen LogP contribution in [-0.2, 0) is 9.59 Å². The van der Waals surface area contributed by atoms with Crippen LogP contribution in [0.1, 0.15) is 16.0 Å². The highest BCUT2D eigenvalue weighted by Gasteiger charge is 2.41. The number of hydrogen-bond acceptors (Lipinski definition) is 4. The third-order valence-electron chi connectivity index (χ3n) is 4.67. The van der Waals surface area contributed by atoms with Crippen molar-refractivity contribution in [2.75, 3.05) is 10.2 Å². The standard InChI is InChI=1S/C22H16F2N2O2S/c1-12-5-6-13(2)17(10-12)25-20-19(18-4-3-9-29-18)21(27)26(22(20)28)14-7-8-15(23)16(24)11-14/h3-11,25H,1-2H3. The fourth-order valence-corrected chi connectivity index (χ4v) is 3.93. The monoisotopic (exact) mass is 410 g/mol. The smallest absolute Gasteiger partial charge is 0.282 e. The molecule has 0 spiro atoms. The average molecular weight is 410 g/mol. The van der Waals surface area contributed by atoms with Crippen LogP contribution in [0.3, 0.4) is 0 Å². The number of imide groups is 1. The van der Waals surface area contributed by atoms with E-state index in [4.69, 9.17) is 0 Å². The molecule has 0 atom stereocenters. The van der Waals surface area contributed by atoms with Gasteiger partial charge in [0.1, 0.15) is 5.70 Å². The van der Waals surface area contributed by atoms with E-state index in [9.17, 15) is 18.4 Å². The summed E-state index contributed by atoms with van der Waals surface area (Å²) in [6, 6.07) is 12.2. The molecule has 1 N–H and O–H groups in total. The predicted octanol–water partition coefficient (Wildman–Crippen LogP) is 5.04. The fraction of sp³-hybridized carbons (Fsp3) is 0.0909. The molecule has 1 aliphatic rings. The highest BCUT2D eigenvalue weighted by Crippen LogP contribution is 2.36. The number of carbonyl (C=O) groups excluding carboxylic acids is 2. The Bertz CT molecular complexity index is 1170. The first-order valence-corrected chi connectivity index (χ1v) is 9.71. The molecule has 0 saturated carbocycles. The molecule has 4 nitrogen and oxygen atoms in total. The van der Waals surface area contributed by atoms with E-state index in [1.165, 1.54) is 17.4 Å². The minimum atomic E-state index is -1.13. The minimum absolute atomic E-state index is 0.0225. The molecule has 0 unspecified atom stereocenters. The summed E-state index contributed by atoms with van der Waals surface area (Å²) in [5, 5.41) is 4.90. The van der Waals surface area contributed by atoms with E-state index in [-0.39, 0.29) is 17.0 Å². The molecule has 0 fully saturated rings. The Labute approximate surface area is 170 Å². The van der Waals surface area contributed by atoms with Crippen LogP contribution in [0.25, 0.3) is 5.57 Å². The van der Waals surface area contributed by atoms with Gasteiger partial charge < -0.3 is 5.32 Å². The molecule has 2 amide bonds. The lowest BCUT2D eigenvalue weighted by Gasteiger charge is -2.16. The Hall–Kier alpha value is -3.32. The summed E-state index contributed by atoms with van der Waals surface area (Å²) in [5.41, 5.74) is 2.88. The molecule has 3 aromatic rings. The van der Waals surface area contributed by atoms with Crippen molar-refractivity contribution in [2.24, 2.45) is 0 Å². The lowest BCUT2D eigenvalue weighted by Crippen LogP contribution is -2.32. The van der Waals surface area contributed by atoms with Gasteiger partial charge in [0.25, 0.3) is 11.8 Å². The Morgan fingerprint density at radius 1 is 0.931 bits per heavy atom. The maximum Gasteiger partial charge on any atom is 0.282 e. The quantitative estimate of drug-likeness (QED) is 0.613. The van der Waals surface area contributed by atoms with Crippen LogP contribution in [0.2, 0.25) is 0 Å². The van der Waals surface area contributed by atoms with E-state index in [0.29, 0.717) is 10.6 Å². The summed E-state index contributed by atoms with van der Waals surface area (Å²) in [7, 11) is 0. The molecule has 146 valence electrons. The Morgan fingerprint density at radius 2 is 1.72 bits per heavy atom. The summed E-state index contributed by atoms with van der Waals surface area (Å²) < 4.78 is 27.1. The van der Waals surface area contributed by atoms with Crippen molar-refractivity contribution in [3.8, 4) is 0 Å². The van der Waals surface area contributed by atoms with Crippen LogP contribution in [0.15, 0.2) is 59.6 Å². The molecule has 2 aromatic carbocycles. The Balaban J connectivity index is 1.82. The van der Waals surface area contributed by atoms with Crippen molar-refractivity contribution in [3.63, 3.8) is 0 Å². The lowest BCUT2D eigenvalue weighted by atomic mass is 10.1. The summed E-state index contributed by atoms with van der Waals surface area (Å²) in [4.78, 5) is 27.8. The first-order chi connectivity index (χ1) is 13.9. The van der Waals surface area contributed by atoms with E-state index in [0.717, 1.165) is 28.2 Å². The van der Waals surface area contributed by atoms with Gasteiger partial charge in [-0.1, -0.05) is 18.2 Å². The third-order valence-corrected chi connectivity index (χ3v) is 5.55. The number of thiophene rings is 1. The van der Waals surface area contributed by atoms with Gasteiger partial charge in [-0.15, -0.1) is 11.3 Å². The summed E-state index contributed by atoms with van der Waals surface area (Å²) in [6.07, 6.45) is 0. The molecular formula is C22H16F2N2O2S. The van der Waals surface area contributed by atoms with E-state index < -0.39 is 23.4 Å². The lowest BCUT2D eigenvalue weighted by molar-refractivity contribution is -0.120. The SMILES string of the molecule is Cc1ccc(C)c(NC2=C(c3cccs3)C(=O)N(c3ccc(F)c(F)c3)C2=O)c1. The molecular weight excluding hydrogens is 394 g/mol. The fourth-order valence-electron chi connectivity index (χ4n) is 3.16. The van der Waals surface area contributed by atoms with Crippen LogP contribution in [0, 0.1) is 25.5 Å². The van der Waals surface area contributed by atoms with Crippen molar-refractivity contribution in [2.45, 2.75) is 13.8 Å². The zero-order chi connectivity index (χ0) is 20.7. The zero-order valence-corrected chi connectivity index (χ0v) is 16.4. The second-order valence-electron chi connectivity index (χ2n) is 6.71. The van der Waals surface area contributed by atoms with Crippen molar-refractivity contribution >= 4 is 40.1 Å². The highest BCUT2D eigenvalue weighted by atomic mass is 32.1. The zero-order valence-electron chi connectivity index (χ0n) is 15.6. The van der Waals surface area contributed by atoms with Gasteiger partial charge in [-0.3, -0.25) is 9.59 Å². The van der Waals surface area contributed by atoms with Crippen LogP contribution >= 0.6 is 11.3 Å². The number of anilines is 2. The number of rotatable bonds is 4. The number of amides is 2. The Kier molecular flexibility index (Phi) is 4.76. The number of nitrogens with zero attached hydrogens (tertiary/aromatic N) is 1. The molecule has 2 heterocycles. The van der Waals surface area contributed by atoms with Gasteiger partial charge in [0.2, 0.25) is 0 Å². The molecule has 0 aliphatic carbocycles. The van der Waals surface area contributed by atoms with Gasteiger partial charge >= 0.3 is 0 Å². The molecule has 0 bridgehead atoms. The number of nitrogens with one attached hydrogen (secondary N) is 1. The molecule has 4 rings (SSSR count). The molecule has 1 aliphatic heterocycles. The summed E-state index contributed by atoms with van der Waals surface area (Å²) in [6.45, 7) is 3.82. The van der Waals surface area contributed by atoms with Gasteiger partial charge in [0.05, 0.1) is 11.3 Å². The molecule has 0 radical (unpaired) electrons. The van der Waals surface area contributed by atoms with E-state index >= 15 is 0 Å². The first-order valence-electron chi connectivity index (χ1n) is 8.83. The van der Waals surface area contributed by atoms with Gasteiger partial charge in [-0.05, 0) is 54.6 Å². The predicted molar refractivity (Wildman–Crippen MR) is 110 cm³/mol. The van der Waals surface area contributed by atoms with Crippen LogP contribution in [0.4, 0.5) is 20.2 Å². The summed E-state index contributed by atoms with van der Waals surface area (Å²) in [5.74, 6) is -3.38. The normalized spacial score (nSPS) is 14.1. The largest absolute Gasteiger partial charge is 0.350 e. The van der Waals surface area contributed by atoms with E-state index in [2.05, 4.69) is 5.32 Å². The third kappa shape index (κ3) is 3.34. The van der Waals surface area contributed by atoms with Crippen LogP contribution in [-0.4, -0.2) is 11.8 Å². The second-order valence-corrected chi connectivity index (χ2v) is 7.66. The van der Waals surface area contributed by atoms with Gasteiger partial charge in [-0.2, -0.15) is 0 Å². The van der Waals surface area contributed by atoms with Crippen molar-refractivity contribution in [1.29, 1.82) is 0 Å². The van der Waals surface area contributed by atoms with Gasteiger partial charge in [0, 0.05) is 16.6 Å². The topological polar surface area (TPSA) is 49.4 Å². The first kappa shape index (κ1) is 19.0. The number of hydrogen-bond donors (Lipinski definition) is 1. The minimum Gasteiger partial charge on any atom is -0.350 e. The van der Waals surface area contributed by atoms with Crippen LogP contribution in [0.5, 0.6) is 0 Å². The summed E-state index contributed by atoms with van der Waals surface area (Å²) >= 11 is 1.32. The maximum atomic E-state index is 13.7. The van der Waals surface area contributed by atoms with Gasteiger partial charge in [-0.25, -0.2) is 13.7 Å². The molecule has 1 aromatic heterocycles. The average Bonchev–Trinajstić information content (AvgIpc) is 3.28. The van der Waals surface area contributed by atoms with E-state index in [1.807, 2.05) is 32.0 Å². The van der Waals surface area contributed by atoms with Crippen molar-refractivity contribution < 1.29 is 18.4 Å². The number of carbonyl (C=O) groups is 2. The number of benzene rings is 2. The van der Waals surface area contributed by atoms with Crippen LogP contribution < -0.4 is 10.2 Å². The number of aryl methyl sites for hydroxylation is 2.